The second-order valence-electron chi connectivity index (χ2n) is 7.86. The van der Waals surface area contributed by atoms with E-state index in [1.165, 1.54) is 11.8 Å². The summed E-state index contributed by atoms with van der Waals surface area (Å²) in [5.74, 6) is 0. The van der Waals surface area contributed by atoms with E-state index < -0.39 is 0 Å². The maximum Gasteiger partial charge on any atom is 0.256 e. The quantitative estimate of drug-likeness (QED) is 0.512. The number of aromatic nitrogens is 1. The molecule has 3 aromatic rings. The molecule has 0 radical (unpaired) electrons. The second-order valence-corrected chi connectivity index (χ2v) is 7.86. The Morgan fingerprint density at radius 2 is 1.76 bits per heavy atom. The first-order valence-corrected chi connectivity index (χ1v) is 10.7. The first kappa shape index (κ1) is 21.1. The summed E-state index contributed by atoms with van der Waals surface area (Å²) in [4.78, 5) is 17.5. The van der Waals surface area contributed by atoms with Crippen molar-refractivity contribution in [1.29, 1.82) is 0 Å². The number of pyridine rings is 1. The Hall–Kier alpha value is -2.59. The molecule has 0 bridgehead atoms. The lowest BCUT2D eigenvalue weighted by molar-refractivity contribution is 0.295. The van der Waals surface area contributed by atoms with E-state index in [0.29, 0.717) is 6.04 Å². The SMILES string of the molecule is CCN(CC)CCCC(C)Nc1ccc2cc(-c3c(C)cc[nH]c3=O)ccc2c1. The molecule has 1 heterocycles. The predicted octanol–water partition coefficient (Wildman–Crippen LogP) is 5.43. The van der Waals surface area contributed by atoms with Crippen LogP contribution in [0.4, 0.5) is 5.69 Å². The lowest BCUT2D eigenvalue weighted by atomic mass is 9.99. The Morgan fingerprint density at radius 3 is 2.48 bits per heavy atom. The van der Waals surface area contributed by atoms with E-state index in [9.17, 15) is 4.79 Å². The van der Waals surface area contributed by atoms with Gasteiger partial charge in [0.1, 0.15) is 0 Å². The molecule has 1 atom stereocenters. The lowest BCUT2D eigenvalue weighted by Gasteiger charge is -2.20. The van der Waals surface area contributed by atoms with Gasteiger partial charge in [-0.15, -0.1) is 0 Å². The molecule has 0 spiro atoms. The molecule has 0 aliphatic rings. The van der Waals surface area contributed by atoms with Gasteiger partial charge in [-0.25, -0.2) is 0 Å². The molecule has 0 fully saturated rings. The van der Waals surface area contributed by atoms with Crippen molar-refractivity contribution in [2.45, 2.75) is 46.6 Å². The molecule has 0 aliphatic heterocycles. The summed E-state index contributed by atoms with van der Waals surface area (Å²) in [6.45, 7) is 12.1. The van der Waals surface area contributed by atoms with E-state index in [4.69, 9.17) is 0 Å². The number of benzene rings is 2. The maximum absolute atomic E-state index is 12.3. The van der Waals surface area contributed by atoms with Crippen LogP contribution in [0.1, 0.15) is 39.2 Å². The van der Waals surface area contributed by atoms with Gasteiger partial charge in [0, 0.05) is 23.5 Å². The van der Waals surface area contributed by atoms with Gasteiger partial charge >= 0.3 is 0 Å². The van der Waals surface area contributed by atoms with Crippen LogP contribution < -0.4 is 10.9 Å². The fourth-order valence-corrected chi connectivity index (χ4v) is 3.94. The van der Waals surface area contributed by atoms with Gasteiger partial charge in [0.25, 0.3) is 5.56 Å². The zero-order valence-corrected chi connectivity index (χ0v) is 18.1. The molecule has 3 rings (SSSR count). The molecule has 0 saturated carbocycles. The third-order valence-electron chi connectivity index (χ3n) is 5.72. The van der Waals surface area contributed by atoms with Crippen LogP contribution in [0, 0.1) is 6.92 Å². The summed E-state index contributed by atoms with van der Waals surface area (Å²) in [5.41, 5.74) is 3.81. The Labute approximate surface area is 174 Å². The van der Waals surface area contributed by atoms with E-state index in [1.807, 2.05) is 19.1 Å². The molecule has 1 unspecified atom stereocenters. The minimum Gasteiger partial charge on any atom is -0.383 e. The minimum atomic E-state index is -0.0406. The van der Waals surface area contributed by atoms with Crippen LogP contribution in [0.5, 0.6) is 0 Å². The zero-order valence-electron chi connectivity index (χ0n) is 18.1. The molecular weight excluding hydrogens is 358 g/mol. The van der Waals surface area contributed by atoms with E-state index >= 15 is 0 Å². The molecule has 29 heavy (non-hydrogen) atoms. The monoisotopic (exact) mass is 391 g/mol. The molecular formula is C25H33N3O. The standard InChI is InChI=1S/C25H33N3O/c1-5-28(6-2)15-7-8-19(4)27-23-12-11-20-16-22(10-9-21(20)17-23)24-18(3)13-14-26-25(24)29/h9-14,16-17,19,27H,5-8,15H2,1-4H3,(H,26,29). The van der Waals surface area contributed by atoms with Gasteiger partial charge in [-0.3, -0.25) is 4.79 Å². The van der Waals surface area contributed by atoms with E-state index in [0.717, 1.165) is 53.8 Å². The fraction of sp³-hybridized carbons (Fsp3) is 0.400. The van der Waals surface area contributed by atoms with Crippen molar-refractivity contribution in [3.8, 4) is 11.1 Å². The number of nitrogens with zero attached hydrogens (tertiary/aromatic N) is 1. The number of hydrogen-bond donors (Lipinski definition) is 2. The highest BCUT2D eigenvalue weighted by molar-refractivity contribution is 5.90. The van der Waals surface area contributed by atoms with Gasteiger partial charge in [0.15, 0.2) is 0 Å². The van der Waals surface area contributed by atoms with Crippen molar-refractivity contribution in [3.63, 3.8) is 0 Å². The minimum absolute atomic E-state index is 0.0406. The maximum atomic E-state index is 12.3. The average molecular weight is 392 g/mol. The van der Waals surface area contributed by atoms with E-state index in [-0.39, 0.29) is 5.56 Å². The number of hydrogen-bond acceptors (Lipinski definition) is 3. The largest absolute Gasteiger partial charge is 0.383 e. The molecule has 0 aliphatic carbocycles. The number of H-pyrrole nitrogens is 1. The van der Waals surface area contributed by atoms with Crippen LogP contribution in [0.3, 0.4) is 0 Å². The van der Waals surface area contributed by atoms with Crippen molar-refractivity contribution in [3.05, 3.63) is 64.6 Å². The normalized spacial score (nSPS) is 12.4. The molecule has 4 heteroatoms. The highest BCUT2D eigenvalue weighted by atomic mass is 16.1. The van der Waals surface area contributed by atoms with Gasteiger partial charge in [-0.05, 0) is 92.5 Å². The van der Waals surface area contributed by atoms with Crippen molar-refractivity contribution in [2.75, 3.05) is 25.0 Å². The van der Waals surface area contributed by atoms with Crippen LogP contribution in [0.25, 0.3) is 21.9 Å². The second kappa shape index (κ2) is 9.75. The number of fused-ring (bicyclic) bond motifs is 1. The van der Waals surface area contributed by atoms with Gasteiger partial charge < -0.3 is 15.2 Å². The molecule has 2 aromatic carbocycles. The first-order chi connectivity index (χ1) is 14.0. The number of nitrogens with one attached hydrogen (secondary N) is 2. The predicted molar refractivity (Wildman–Crippen MR) is 125 cm³/mol. The van der Waals surface area contributed by atoms with Gasteiger partial charge in [0.2, 0.25) is 0 Å². The summed E-state index contributed by atoms with van der Waals surface area (Å²) in [5, 5.41) is 5.96. The van der Waals surface area contributed by atoms with Crippen molar-refractivity contribution in [1.82, 2.24) is 9.88 Å². The van der Waals surface area contributed by atoms with Crippen LogP contribution in [-0.4, -0.2) is 35.6 Å². The first-order valence-electron chi connectivity index (χ1n) is 10.7. The fourth-order valence-electron chi connectivity index (χ4n) is 3.94. The van der Waals surface area contributed by atoms with Gasteiger partial charge in [-0.1, -0.05) is 32.0 Å². The molecule has 2 N–H and O–H groups in total. The van der Waals surface area contributed by atoms with Gasteiger partial charge in [0.05, 0.1) is 0 Å². The van der Waals surface area contributed by atoms with Crippen molar-refractivity contribution in [2.24, 2.45) is 0 Å². The summed E-state index contributed by atoms with van der Waals surface area (Å²) < 4.78 is 0. The Balaban J connectivity index is 1.70. The summed E-state index contributed by atoms with van der Waals surface area (Å²) in [6.07, 6.45) is 4.06. The average Bonchev–Trinajstić information content (AvgIpc) is 2.71. The topological polar surface area (TPSA) is 48.1 Å². The Kier molecular flexibility index (Phi) is 7.10. The molecule has 4 nitrogen and oxygen atoms in total. The van der Waals surface area contributed by atoms with Crippen molar-refractivity contribution < 1.29 is 0 Å². The summed E-state index contributed by atoms with van der Waals surface area (Å²) in [7, 11) is 0. The van der Waals surface area contributed by atoms with Gasteiger partial charge in [-0.2, -0.15) is 0 Å². The van der Waals surface area contributed by atoms with Crippen LogP contribution in [0.2, 0.25) is 0 Å². The van der Waals surface area contributed by atoms with E-state index in [1.54, 1.807) is 6.20 Å². The van der Waals surface area contributed by atoms with Crippen LogP contribution >= 0.6 is 0 Å². The smallest absolute Gasteiger partial charge is 0.256 e. The Morgan fingerprint density at radius 1 is 1.03 bits per heavy atom. The highest BCUT2D eigenvalue weighted by Crippen LogP contribution is 2.26. The number of rotatable bonds is 9. The molecule has 0 amide bonds. The Bertz CT molecular complexity index is 1000. The number of anilines is 1. The molecule has 154 valence electrons. The lowest BCUT2D eigenvalue weighted by Crippen LogP contribution is -2.25. The highest BCUT2D eigenvalue weighted by Gasteiger charge is 2.09. The number of aryl methyl sites for hydroxylation is 1. The zero-order chi connectivity index (χ0) is 20.8. The molecule has 1 aromatic heterocycles. The van der Waals surface area contributed by atoms with Crippen LogP contribution in [0.15, 0.2) is 53.5 Å². The third-order valence-corrected chi connectivity index (χ3v) is 5.72. The number of aromatic amines is 1. The van der Waals surface area contributed by atoms with Crippen molar-refractivity contribution >= 4 is 16.5 Å². The summed E-state index contributed by atoms with van der Waals surface area (Å²) in [6, 6.07) is 15.1. The summed E-state index contributed by atoms with van der Waals surface area (Å²) >= 11 is 0. The molecule has 0 saturated heterocycles. The third kappa shape index (κ3) is 5.27. The van der Waals surface area contributed by atoms with Crippen LogP contribution in [-0.2, 0) is 0 Å². The van der Waals surface area contributed by atoms with E-state index in [2.05, 4.69) is 66.3 Å².